The van der Waals surface area contributed by atoms with E-state index < -0.39 is 59.1 Å². The third kappa shape index (κ3) is 3.80. The number of hydrogen-bond acceptors (Lipinski definition) is 7. The lowest BCUT2D eigenvalue weighted by atomic mass is 10.1. The van der Waals surface area contributed by atoms with Crippen LogP contribution in [0.1, 0.15) is 19.4 Å². The zero-order valence-corrected chi connectivity index (χ0v) is 15.1. The fraction of sp³-hybridized carbons (Fsp3) is 0.385. The largest absolute Gasteiger partial charge is 0.425 e. The molecular formula is C13H12ClF3N4O4S. The number of aromatic nitrogens is 2. The first kappa shape index (κ1) is 20.1. The Hall–Kier alpha value is -2.21. The van der Waals surface area contributed by atoms with Crippen LogP contribution in [0.3, 0.4) is 0 Å². The second kappa shape index (κ2) is 6.50. The van der Waals surface area contributed by atoms with E-state index >= 15 is 0 Å². The fourth-order valence-corrected chi connectivity index (χ4v) is 3.20. The molecule has 0 aliphatic heterocycles. The third-order valence-corrected chi connectivity index (χ3v) is 4.37. The van der Waals surface area contributed by atoms with Gasteiger partial charge in [-0.3, -0.25) is 10.1 Å². The molecule has 0 spiro atoms. The topological polar surface area (TPSA) is 115 Å². The molecular weight excluding hydrogens is 401 g/mol. The van der Waals surface area contributed by atoms with E-state index in [1.54, 1.807) is 13.8 Å². The number of hydrogen-bond donors (Lipinski definition) is 1. The summed E-state index contributed by atoms with van der Waals surface area (Å²) in [5, 5.41) is 12.3. The van der Waals surface area contributed by atoms with E-state index in [9.17, 15) is 31.7 Å². The van der Waals surface area contributed by atoms with Gasteiger partial charge in [-0.15, -0.1) is 0 Å². The molecule has 13 heteroatoms. The predicted octanol–water partition coefficient (Wildman–Crippen LogP) is 3.43. The van der Waals surface area contributed by atoms with Gasteiger partial charge in [0.1, 0.15) is 10.5 Å². The van der Waals surface area contributed by atoms with Crippen LogP contribution in [0.4, 0.5) is 24.7 Å². The number of nitrogens with one attached hydrogen (secondary N) is 1. The fourth-order valence-electron chi connectivity index (χ4n) is 2.21. The lowest BCUT2D eigenvalue weighted by Gasteiger charge is -2.16. The Morgan fingerprint density at radius 3 is 2.31 bits per heavy atom. The number of nitro benzene ring substituents is 1. The highest BCUT2D eigenvalue weighted by molar-refractivity contribution is 7.90. The molecule has 0 bridgehead atoms. The van der Waals surface area contributed by atoms with Crippen LogP contribution in [0, 0.1) is 10.1 Å². The van der Waals surface area contributed by atoms with Crippen molar-refractivity contribution in [3.8, 4) is 0 Å². The van der Waals surface area contributed by atoms with Crippen molar-refractivity contribution in [2.24, 2.45) is 0 Å². The number of rotatable bonds is 4. The zero-order chi connectivity index (χ0) is 20.0. The maximum Gasteiger partial charge on any atom is 0.425 e. The van der Waals surface area contributed by atoms with Crippen molar-refractivity contribution in [1.29, 1.82) is 0 Å². The quantitative estimate of drug-likeness (QED) is 0.604. The number of nitro groups is 1. The monoisotopic (exact) mass is 412 g/mol. The highest BCUT2D eigenvalue weighted by atomic mass is 35.5. The molecule has 26 heavy (non-hydrogen) atoms. The lowest BCUT2D eigenvalue weighted by molar-refractivity contribution is -0.387. The van der Waals surface area contributed by atoms with Gasteiger partial charge >= 0.3 is 11.9 Å². The molecule has 1 N–H and O–H groups in total. The normalized spacial score (nSPS) is 12.6. The van der Waals surface area contributed by atoms with Crippen LogP contribution < -0.4 is 5.32 Å². The third-order valence-electron chi connectivity index (χ3n) is 3.10. The molecule has 2 rings (SSSR count). The molecule has 1 aromatic heterocycles. The minimum Gasteiger partial charge on any atom is -0.365 e. The van der Waals surface area contributed by atoms with E-state index in [-0.39, 0.29) is 6.04 Å². The Morgan fingerprint density at radius 1 is 1.31 bits per heavy atom. The minimum absolute atomic E-state index is 0.390. The molecule has 1 heterocycles. The van der Waals surface area contributed by atoms with Crippen LogP contribution in [0.15, 0.2) is 11.1 Å². The number of nitrogens with zero attached hydrogens (tertiary/aromatic N) is 3. The molecule has 2 aromatic rings. The van der Waals surface area contributed by atoms with Crippen molar-refractivity contribution in [1.82, 2.24) is 9.97 Å². The van der Waals surface area contributed by atoms with Gasteiger partial charge in [-0.1, -0.05) is 11.6 Å². The Morgan fingerprint density at radius 2 is 1.88 bits per heavy atom. The van der Waals surface area contributed by atoms with E-state index in [0.29, 0.717) is 0 Å². The maximum absolute atomic E-state index is 13.5. The SMILES string of the molecule is CC(C)Nc1nc2c(C(F)(F)F)c([N+](=O)[O-])c(Cl)cc2nc1S(C)(=O)=O. The van der Waals surface area contributed by atoms with E-state index in [1.165, 1.54) is 0 Å². The van der Waals surface area contributed by atoms with E-state index in [2.05, 4.69) is 15.3 Å². The Balaban J connectivity index is 3.06. The van der Waals surface area contributed by atoms with Gasteiger partial charge in [0.25, 0.3) is 0 Å². The molecule has 0 aliphatic carbocycles. The van der Waals surface area contributed by atoms with Gasteiger partial charge in [-0.25, -0.2) is 18.4 Å². The van der Waals surface area contributed by atoms with Crippen LogP contribution >= 0.6 is 11.6 Å². The van der Waals surface area contributed by atoms with Gasteiger partial charge in [-0.2, -0.15) is 13.2 Å². The molecule has 0 fully saturated rings. The molecule has 0 radical (unpaired) electrons. The van der Waals surface area contributed by atoms with Gasteiger partial charge in [0.15, 0.2) is 26.2 Å². The number of halogens is 4. The molecule has 0 unspecified atom stereocenters. The van der Waals surface area contributed by atoms with Crippen LogP contribution in [0.2, 0.25) is 5.02 Å². The predicted molar refractivity (Wildman–Crippen MR) is 88.1 cm³/mol. The average Bonchev–Trinajstić information content (AvgIpc) is 2.42. The summed E-state index contributed by atoms with van der Waals surface area (Å²) in [7, 11) is -3.95. The summed E-state index contributed by atoms with van der Waals surface area (Å²) < 4.78 is 64.3. The van der Waals surface area contributed by atoms with Crippen molar-refractivity contribution in [2.45, 2.75) is 31.1 Å². The zero-order valence-electron chi connectivity index (χ0n) is 13.5. The van der Waals surface area contributed by atoms with E-state index in [0.717, 1.165) is 12.3 Å². The highest BCUT2D eigenvalue weighted by Gasteiger charge is 2.43. The van der Waals surface area contributed by atoms with Crippen molar-refractivity contribution < 1.29 is 26.5 Å². The van der Waals surface area contributed by atoms with E-state index in [1.807, 2.05) is 0 Å². The number of anilines is 1. The summed E-state index contributed by atoms with van der Waals surface area (Å²) >= 11 is 5.63. The lowest BCUT2D eigenvalue weighted by Crippen LogP contribution is -2.18. The standard InChI is InChI=1S/C13H12ClF3N4O4S/c1-5(2)18-11-12(26(3,24)25)19-7-4-6(14)10(21(22)23)8(9(7)20-11)13(15,16)17/h4-5H,1-3H3,(H,18,20). The first-order valence-electron chi connectivity index (χ1n) is 6.96. The molecule has 0 atom stereocenters. The summed E-state index contributed by atoms with van der Waals surface area (Å²) in [5.74, 6) is -0.433. The van der Waals surface area contributed by atoms with Crippen molar-refractivity contribution in [3.05, 3.63) is 26.8 Å². The van der Waals surface area contributed by atoms with Crippen LogP contribution in [0.5, 0.6) is 0 Å². The number of benzene rings is 1. The molecule has 0 saturated heterocycles. The van der Waals surface area contributed by atoms with Gasteiger partial charge in [0.2, 0.25) is 0 Å². The first-order valence-corrected chi connectivity index (χ1v) is 9.22. The highest BCUT2D eigenvalue weighted by Crippen LogP contribution is 2.44. The molecule has 1 aromatic carbocycles. The second-order valence-corrected chi connectivity index (χ2v) is 7.99. The summed E-state index contributed by atoms with van der Waals surface area (Å²) in [4.78, 5) is 17.2. The van der Waals surface area contributed by atoms with Crippen molar-refractivity contribution in [2.75, 3.05) is 11.6 Å². The van der Waals surface area contributed by atoms with E-state index in [4.69, 9.17) is 11.6 Å². The molecule has 8 nitrogen and oxygen atoms in total. The van der Waals surface area contributed by atoms with Crippen LogP contribution in [0.25, 0.3) is 11.0 Å². The Kier molecular flexibility index (Phi) is 5.03. The summed E-state index contributed by atoms with van der Waals surface area (Å²) in [6.45, 7) is 3.21. The number of sulfone groups is 1. The average molecular weight is 413 g/mol. The molecule has 0 saturated carbocycles. The molecule has 0 amide bonds. The van der Waals surface area contributed by atoms with Gasteiger partial charge in [0.05, 0.1) is 10.4 Å². The Bertz CT molecular complexity index is 1010. The molecule has 142 valence electrons. The first-order chi connectivity index (χ1) is 11.7. The Labute approximate surface area is 150 Å². The van der Waals surface area contributed by atoms with Crippen LogP contribution in [-0.4, -0.2) is 35.6 Å². The van der Waals surface area contributed by atoms with Crippen molar-refractivity contribution in [3.63, 3.8) is 0 Å². The van der Waals surface area contributed by atoms with Gasteiger partial charge < -0.3 is 5.32 Å². The summed E-state index contributed by atoms with van der Waals surface area (Å²) in [5.41, 5.74) is -4.46. The number of alkyl halides is 3. The van der Waals surface area contributed by atoms with Crippen LogP contribution in [-0.2, 0) is 16.0 Å². The molecule has 0 aliphatic rings. The van der Waals surface area contributed by atoms with Crippen molar-refractivity contribution >= 4 is 44.0 Å². The summed E-state index contributed by atoms with van der Waals surface area (Å²) in [6.07, 6.45) is -4.35. The number of fused-ring (bicyclic) bond motifs is 1. The minimum atomic E-state index is -5.16. The van der Waals surface area contributed by atoms with Gasteiger partial charge in [0, 0.05) is 12.3 Å². The second-order valence-electron chi connectivity index (χ2n) is 5.65. The van der Waals surface area contributed by atoms with Gasteiger partial charge in [-0.05, 0) is 19.9 Å². The maximum atomic E-state index is 13.5. The summed E-state index contributed by atoms with van der Waals surface area (Å²) in [6, 6.07) is 0.393. The smallest absolute Gasteiger partial charge is 0.365 e.